The van der Waals surface area contributed by atoms with Gasteiger partial charge in [0.25, 0.3) is 0 Å². The Hall–Kier alpha value is -0.200. The van der Waals surface area contributed by atoms with Gasteiger partial charge in [0.2, 0.25) is 0 Å². The lowest BCUT2D eigenvalue weighted by atomic mass is 9.79. The fourth-order valence-corrected chi connectivity index (χ4v) is 3.37. The summed E-state index contributed by atoms with van der Waals surface area (Å²) >= 11 is 12.5. The van der Waals surface area contributed by atoms with Crippen LogP contribution in [0, 0.1) is 6.92 Å². The van der Waals surface area contributed by atoms with Gasteiger partial charge in [-0.25, -0.2) is 0 Å². The molecule has 2 heteroatoms. The van der Waals surface area contributed by atoms with Crippen molar-refractivity contribution in [1.82, 2.24) is 0 Å². The largest absolute Gasteiger partial charge is 0.126 e. The smallest absolute Gasteiger partial charge is 0.0332 e. The quantitative estimate of drug-likeness (QED) is 0.383. The van der Waals surface area contributed by atoms with E-state index in [-0.39, 0.29) is 5.41 Å². The van der Waals surface area contributed by atoms with Crippen LogP contribution in [0.2, 0.25) is 0 Å². The van der Waals surface area contributed by atoms with Gasteiger partial charge in [0.1, 0.15) is 0 Å². The summed E-state index contributed by atoms with van der Waals surface area (Å²) in [6.07, 6.45) is 7.54. The minimum Gasteiger partial charge on any atom is -0.126 e. The third-order valence-electron chi connectivity index (χ3n) is 3.90. The number of alkyl halides is 2. The molecule has 1 aromatic carbocycles. The molecule has 0 saturated carbocycles. The maximum atomic E-state index is 6.27. The second-order valence-electron chi connectivity index (χ2n) is 5.58. The van der Waals surface area contributed by atoms with Crippen molar-refractivity contribution in [3.05, 3.63) is 35.4 Å². The fourth-order valence-electron chi connectivity index (χ4n) is 2.51. The van der Waals surface area contributed by atoms with E-state index in [1.165, 1.54) is 43.2 Å². The first-order chi connectivity index (χ1) is 9.18. The molecule has 0 saturated heterocycles. The minimum atomic E-state index is -0.0542. The zero-order valence-corrected chi connectivity index (χ0v) is 13.7. The number of rotatable bonds is 9. The Bertz CT molecular complexity index is 356. The first-order valence-corrected chi connectivity index (χ1v) is 8.44. The van der Waals surface area contributed by atoms with Gasteiger partial charge in [0, 0.05) is 17.2 Å². The molecule has 0 atom stereocenters. The van der Waals surface area contributed by atoms with E-state index in [0.717, 1.165) is 6.42 Å². The highest BCUT2D eigenvalue weighted by Crippen LogP contribution is 2.33. The third kappa shape index (κ3) is 5.00. The number of unbranched alkanes of at least 4 members (excludes halogenated alkanes) is 4. The van der Waals surface area contributed by atoms with Gasteiger partial charge >= 0.3 is 0 Å². The van der Waals surface area contributed by atoms with E-state index in [9.17, 15) is 0 Å². The highest BCUT2D eigenvalue weighted by atomic mass is 35.5. The monoisotopic (exact) mass is 300 g/mol. The average molecular weight is 301 g/mol. The first kappa shape index (κ1) is 16.9. The van der Waals surface area contributed by atoms with Gasteiger partial charge in [-0.3, -0.25) is 0 Å². The lowest BCUT2D eigenvalue weighted by Crippen LogP contribution is -2.30. The SMILES string of the molecule is CCCCCCCC(CCl)(CCl)c1cccc(C)c1. The van der Waals surface area contributed by atoms with Crippen molar-refractivity contribution in [1.29, 1.82) is 0 Å². The zero-order chi connectivity index (χ0) is 14.1. The van der Waals surface area contributed by atoms with E-state index in [4.69, 9.17) is 23.2 Å². The van der Waals surface area contributed by atoms with Crippen LogP contribution in [-0.2, 0) is 5.41 Å². The van der Waals surface area contributed by atoms with Crippen LogP contribution in [0.3, 0.4) is 0 Å². The highest BCUT2D eigenvalue weighted by Gasteiger charge is 2.30. The molecule has 0 N–H and O–H groups in total. The Morgan fingerprint density at radius 2 is 1.68 bits per heavy atom. The van der Waals surface area contributed by atoms with Crippen LogP contribution >= 0.6 is 23.2 Å². The van der Waals surface area contributed by atoms with Crippen LogP contribution in [0.25, 0.3) is 0 Å². The summed E-state index contributed by atoms with van der Waals surface area (Å²) in [5.74, 6) is 1.21. The molecule has 0 radical (unpaired) electrons. The maximum Gasteiger partial charge on any atom is 0.0332 e. The van der Waals surface area contributed by atoms with Crippen molar-refractivity contribution in [2.45, 2.75) is 57.8 Å². The van der Waals surface area contributed by atoms with E-state index in [1.54, 1.807) is 0 Å². The summed E-state index contributed by atoms with van der Waals surface area (Å²) in [6.45, 7) is 4.37. The predicted molar refractivity (Wildman–Crippen MR) is 87.7 cm³/mol. The molecular formula is C17H26Cl2. The normalized spacial score (nSPS) is 11.8. The fraction of sp³-hybridized carbons (Fsp3) is 0.647. The Kier molecular flexibility index (Phi) is 7.87. The Morgan fingerprint density at radius 1 is 1.00 bits per heavy atom. The molecule has 0 heterocycles. The van der Waals surface area contributed by atoms with Crippen LogP contribution in [0.5, 0.6) is 0 Å². The van der Waals surface area contributed by atoms with Crippen LogP contribution in [-0.4, -0.2) is 11.8 Å². The Balaban J connectivity index is 2.68. The Labute approximate surface area is 128 Å². The topological polar surface area (TPSA) is 0 Å². The second kappa shape index (κ2) is 8.87. The van der Waals surface area contributed by atoms with E-state index >= 15 is 0 Å². The van der Waals surface area contributed by atoms with Crippen LogP contribution in [0.4, 0.5) is 0 Å². The standard InChI is InChI=1S/C17H26Cl2/c1-3-4-5-6-7-11-17(13-18,14-19)16-10-8-9-15(2)12-16/h8-10,12H,3-7,11,13-14H2,1-2H3. The summed E-state index contributed by atoms with van der Waals surface area (Å²) in [5.41, 5.74) is 2.53. The van der Waals surface area contributed by atoms with E-state index < -0.39 is 0 Å². The molecule has 0 nitrogen and oxygen atoms in total. The first-order valence-electron chi connectivity index (χ1n) is 7.37. The number of benzene rings is 1. The zero-order valence-electron chi connectivity index (χ0n) is 12.2. The lowest BCUT2D eigenvalue weighted by Gasteiger charge is -2.30. The summed E-state index contributed by atoms with van der Waals surface area (Å²) in [4.78, 5) is 0. The molecule has 0 bridgehead atoms. The third-order valence-corrected chi connectivity index (χ3v) is 4.92. The molecule has 0 fully saturated rings. The van der Waals surface area contributed by atoms with Crippen molar-refractivity contribution in [2.24, 2.45) is 0 Å². The molecule has 1 aromatic rings. The van der Waals surface area contributed by atoms with Crippen molar-refractivity contribution in [2.75, 3.05) is 11.8 Å². The molecule has 0 spiro atoms. The number of hydrogen-bond donors (Lipinski definition) is 0. The second-order valence-corrected chi connectivity index (χ2v) is 6.12. The van der Waals surface area contributed by atoms with Crippen molar-refractivity contribution < 1.29 is 0 Å². The van der Waals surface area contributed by atoms with Crippen molar-refractivity contribution in [3.8, 4) is 0 Å². The molecule has 0 aromatic heterocycles. The maximum absolute atomic E-state index is 6.27. The minimum absolute atomic E-state index is 0.0542. The van der Waals surface area contributed by atoms with Crippen molar-refractivity contribution >= 4 is 23.2 Å². The lowest BCUT2D eigenvalue weighted by molar-refractivity contribution is 0.453. The molecule has 0 unspecified atom stereocenters. The van der Waals surface area contributed by atoms with Crippen molar-refractivity contribution in [3.63, 3.8) is 0 Å². The molecule has 19 heavy (non-hydrogen) atoms. The van der Waals surface area contributed by atoms with Crippen LogP contribution in [0.15, 0.2) is 24.3 Å². The van der Waals surface area contributed by atoms with Crippen LogP contribution < -0.4 is 0 Å². The van der Waals surface area contributed by atoms with Gasteiger partial charge < -0.3 is 0 Å². The molecular weight excluding hydrogens is 275 g/mol. The summed E-state index contributed by atoms with van der Waals surface area (Å²) < 4.78 is 0. The summed E-state index contributed by atoms with van der Waals surface area (Å²) in [7, 11) is 0. The highest BCUT2D eigenvalue weighted by molar-refractivity contribution is 6.22. The van der Waals surface area contributed by atoms with Gasteiger partial charge in [0.15, 0.2) is 0 Å². The van der Waals surface area contributed by atoms with E-state index in [1.807, 2.05) is 0 Å². The number of halogens is 2. The van der Waals surface area contributed by atoms with E-state index in [0.29, 0.717) is 11.8 Å². The van der Waals surface area contributed by atoms with Gasteiger partial charge in [0.05, 0.1) is 0 Å². The average Bonchev–Trinajstić information content (AvgIpc) is 2.43. The molecule has 0 amide bonds. The molecule has 1 rings (SSSR count). The van der Waals surface area contributed by atoms with Gasteiger partial charge in [-0.1, -0.05) is 68.9 Å². The summed E-state index contributed by atoms with van der Waals surface area (Å²) in [6, 6.07) is 8.63. The van der Waals surface area contributed by atoms with Gasteiger partial charge in [-0.2, -0.15) is 0 Å². The molecule has 0 aliphatic heterocycles. The predicted octanol–water partition coefficient (Wildman–Crippen LogP) is 6.07. The van der Waals surface area contributed by atoms with Crippen LogP contribution in [0.1, 0.15) is 56.6 Å². The van der Waals surface area contributed by atoms with Gasteiger partial charge in [-0.15, -0.1) is 23.2 Å². The number of aryl methyl sites for hydroxylation is 1. The summed E-state index contributed by atoms with van der Waals surface area (Å²) in [5, 5.41) is 0. The van der Waals surface area contributed by atoms with E-state index in [2.05, 4.69) is 38.1 Å². The molecule has 0 aliphatic rings. The Morgan fingerprint density at radius 3 is 2.26 bits per heavy atom. The number of hydrogen-bond acceptors (Lipinski definition) is 0. The molecule has 0 aliphatic carbocycles. The van der Waals surface area contributed by atoms with Gasteiger partial charge in [-0.05, 0) is 18.9 Å². The molecule has 108 valence electrons.